The smallest absolute Gasteiger partial charge is 0.367 e. The van der Waals surface area contributed by atoms with E-state index >= 15 is 0 Å². The fourth-order valence-corrected chi connectivity index (χ4v) is 3.63. The van der Waals surface area contributed by atoms with Crippen molar-refractivity contribution in [3.8, 4) is 0 Å². The Bertz CT molecular complexity index is 470. The molecule has 8 heteroatoms. The summed E-state index contributed by atoms with van der Waals surface area (Å²) < 4.78 is 37.9. The Balaban J connectivity index is 2.05. The second-order valence-electron chi connectivity index (χ2n) is 4.64. The number of hydrogen-bond donors (Lipinski definition) is 1. The van der Waals surface area contributed by atoms with Crippen LogP contribution in [0.1, 0.15) is 31.9 Å². The normalized spacial score (nSPS) is 23.1. The molecule has 1 aromatic rings. The van der Waals surface area contributed by atoms with Gasteiger partial charge in [0.15, 0.2) is 5.69 Å². The molecule has 0 spiro atoms. The highest BCUT2D eigenvalue weighted by atomic mass is 35.5. The number of alkyl halides is 3. The minimum Gasteiger partial charge on any atom is -0.367 e. The van der Waals surface area contributed by atoms with Crippen molar-refractivity contribution in [1.82, 2.24) is 9.97 Å². The molecule has 0 saturated heterocycles. The number of nitrogens with one attached hydrogen (secondary N) is 1. The minimum atomic E-state index is -4.51. The van der Waals surface area contributed by atoms with Crippen LogP contribution in [-0.2, 0) is 6.18 Å². The first-order valence-electron chi connectivity index (χ1n) is 6.38. The zero-order chi connectivity index (χ0) is 14.8. The lowest BCUT2D eigenvalue weighted by atomic mass is 10.2. The van der Waals surface area contributed by atoms with Crippen LogP contribution in [0.3, 0.4) is 0 Å². The molecule has 2 rings (SSSR count). The third-order valence-electron chi connectivity index (χ3n) is 3.13. The standard InChI is InChI=1S/C12H15ClF3N3S/c1-2-20-8-4-3-7(5-8)17-10-6-9(12(14,15)16)18-11(13)19-10/h6-8H,2-5H2,1H3,(H,17,18,19). The molecule has 1 aliphatic carbocycles. The van der Waals surface area contributed by atoms with E-state index in [1.807, 2.05) is 11.8 Å². The molecule has 0 bridgehead atoms. The maximum absolute atomic E-state index is 12.6. The quantitative estimate of drug-likeness (QED) is 0.840. The summed E-state index contributed by atoms with van der Waals surface area (Å²) in [5.41, 5.74) is -1.02. The topological polar surface area (TPSA) is 37.8 Å². The van der Waals surface area contributed by atoms with Crippen LogP contribution in [0, 0.1) is 0 Å². The van der Waals surface area contributed by atoms with Gasteiger partial charge in [0.05, 0.1) is 0 Å². The third-order valence-corrected chi connectivity index (χ3v) is 4.53. The average molecular weight is 326 g/mol. The number of thioether (sulfide) groups is 1. The molecule has 1 saturated carbocycles. The van der Waals surface area contributed by atoms with E-state index in [9.17, 15) is 13.2 Å². The van der Waals surface area contributed by atoms with Gasteiger partial charge in [-0.2, -0.15) is 24.9 Å². The fraction of sp³-hybridized carbons (Fsp3) is 0.667. The highest BCUT2D eigenvalue weighted by Gasteiger charge is 2.34. The summed E-state index contributed by atoms with van der Waals surface area (Å²) in [5, 5.41) is 3.21. The van der Waals surface area contributed by atoms with Gasteiger partial charge in [-0.15, -0.1) is 0 Å². The number of rotatable bonds is 4. The summed E-state index contributed by atoms with van der Waals surface area (Å²) in [7, 11) is 0. The zero-order valence-corrected chi connectivity index (χ0v) is 12.4. The van der Waals surface area contributed by atoms with E-state index in [0.29, 0.717) is 5.25 Å². The van der Waals surface area contributed by atoms with Gasteiger partial charge in [0.2, 0.25) is 5.28 Å². The molecule has 1 fully saturated rings. The zero-order valence-electron chi connectivity index (χ0n) is 10.9. The number of aromatic nitrogens is 2. The van der Waals surface area contributed by atoms with Gasteiger partial charge in [0.1, 0.15) is 5.82 Å². The molecule has 1 aromatic heterocycles. The van der Waals surface area contributed by atoms with Crippen LogP contribution in [0.4, 0.5) is 19.0 Å². The number of halogens is 4. The van der Waals surface area contributed by atoms with E-state index in [4.69, 9.17) is 11.6 Å². The maximum atomic E-state index is 12.6. The number of nitrogens with zero attached hydrogens (tertiary/aromatic N) is 2. The van der Waals surface area contributed by atoms with Crippen LogP contribution < -0.4 is 5.32 Å². The first-order valence-corrected chi connectivity index (χ1v) is 7.81. The first kappa shape index (κ1) is 15.7. The Hall–Kier alpha value is -0.690. The molecule has 2 atom stereocenters. The molecule has 1 heterocycles. The Labute approximate surface area is 124 Å². The average Bonchev–Trinajstić information content (AvgIpc) is 2.75. The SMILES string of the molecule is CCSC1CCC(Nc2cc(C(F)(F)F)nc(Cl)n2)C1. The Morgan fingerprint density at radius 2 is 2.15 bits per heavy atom. The van der Waals surface area contributed by atoms with E-state index in [1.54, 1.807) is 0 Å². The summed E-state index contributed by atoms with van der Waals surface area (Å²) in [6.45, 7) is 2.10. The molecule has 0 aliphatic heterocycles. The van der Waals surface area contributed by atoms with E-state index in [2.05, 4.69) is 22.2 Å². The molecule has 0 aromatic carbocycles. The minimum absolute atomic E-state index is 0.143. The van der Waals surface area contributed by atoms with Crippen molar-refractivity contribution >= 4 is 29.2 Å². The van der Waals surface area contributed by atoms with Gasteiger partial charge in [0, 0.05) is 17.4 Å². The van der Waals surface area contributed by atoms with Crippen LogP contribution >= 0.6 is 23.4 Å². The van der Waals surface area contributed by atoms with Crippen molar-refractivity contribution in [3.05, 3.63) is 17.0 Å². The highest BCUT2D eigenvalue weighted by Crippen LogP contribution is 2.33. The second-order valence-corrected chi connectivity index (χ2v) is 6.55. The van der Waals surface area contributed by atoms with Gasteiger partial charge in [-0.1, -0.05) is 6.92 Å². The van der Waals surface area contributed by atoms with Crippen LogP contribution in [0.2, 0.25) is 5.28 Å². The largest absolute Gasteiger partial charge is 0.433 e. The predicted molar refractivity (Wildman–Crippen MR) is 75.2 cm³/mol. The molecule has 1 aliphatic rings. The Morgan fingerprint density at radius 1 is 1.40 bits per heavy atom. The molecule has 1 N–H and O–H groups in total. The van der Waals surface area contributed by atoms with Gasteiger partial charge in [-0.05, 0) is 36.6 Å². The molecule has 3 nitrogen and oxygen atoms in total. The highest BCUT2D eigenvalue weighted by molar-refractivity contribution is 7.99. The summed E-state index contributed by atoms with van der Waals surface area (Å²) >= 11 is 7.44. The fourth-order valence-electron chi connectivity index (χ4n) is 2.30. The van der Waals surface area contributed by atoms with Crippen molar-refractivity contribution in [2.75, 3.05) is 11.1 Å². The van der Waals surface area contributed by atoms with Crippen LogP contribution in [0.15, 0.2) is 6.07 Å². The third kappa shape index (κ3) is 4.15. The number of hydrogen-bond acceptors (Lipinski definition) is 4. The van der Waals surface area contributed by atoms with Crippen molar-refractivity contribution in [1.29, 1.82) is 0 Å². The monoisotopic (exact) mass is 325 g/mol. The molecular formula is C12H15ClF3N3S. The van der Waals surface area contributed by atoms with Gasteiger partial charge in [-0.3, -0.25) is 0 Å². The van der Waals surface area contributed by atoms with E-state index in [-0.39, 0.29) is 17.1 Å². The predicted octanol–water partition coefficient (Wildman–Crippen LogP) is 4.23. The second kappa shape index (κ2) is 6.39. The molecule has 112 valence electrons. The van der Waals surface area contributed by atoms with Gasteiger partial charge >= 0.3 is 6.18 Å². The summed E-state index contributed by atoms with van der Waals surface area (Å²) in [5.74, 6) is 1.19. The van der Waals surface area contributed by atoms with E-state index in [1.165, 1.54) is 0 Å². The maximum Gasteiger partial charge on any atom is 0.433 e. The lowest BCUT2D eigenvalue weighted by molar-refractivity contribution is -0.141. The molecule has 20 heavy (non-hydrogen) atoms. The van der Waals surface area contributed by atoms with Crippen molar-refractivity contribution in [2.45, 2.75) is 43.7 Å². The summed E-state index contributed by atoms with van der Waals surface area (Å²) in [6.07, 6.45) is -1.58. The summed E-state index contributed by atoms with van der Waals surface area (Å²) in [6, 6.07) is 1.05. The van der Waals surface area contributed by atoms with Crippen molar-refractivity contribution in [2.24, 2.45) is 0 Å². The lowest BCUT2D eigenvalue weighted by Crippen LogP contribution is -2.18. The van der Waals surface area contributed by atoms with Crippen LogP contribution in [0.5, 0.6) is 0 Å². The first-order chi connectivity index (χ1) is 9.38. The molecule has 0 radical (unpaired) electrons. The van der Waals surface area contributed by atoms with Crippen molar-refractivity contribution in [3.63, 3.8) is 0 Å². The van der Waals surface area contributed by atoms with Crippen molar-refractivity contribution < 1.29 is 13.2 Å². The van der Waals surface area contributed by atoms with Gasteiger partial charge in [0.25, 0.3) is 0 Å². The lowest BCUT2D eigenvalue weighted by Gasteiger charge is -2.15. The summed E-state index contributed by atoms with van der Waals surface area (Å²) in [4.78, 5) is 7.03. The Morgan fingerprint density at radius 3 is 2.80 bits per heavy atom. The van der Waals surface area contributed by atoms with Gasteiger partial charge < -0.3 is 5.32 Å². The molecule has 0 amide bonds. The Kier molecular flexibility index (Phi) is 5.01. The molecular weight excluding hydrogens is 311 g/mol. The van der Waals surface area contributed by atoms with Gasteiger partial charge in [-0.25, -0.2) is 9.97 Å². The molecule has 2 unspecified atom stereocenters. The van der Waals surface area contributed by atoms with Crippen LogP contribution in [-0.4, -0.2) is 27.0 Å². The van der Waals surface area contributed by atoms with E-state index < -0.39 is 11.9 Å². The number of anilines is 1. The van der Waals surface area contributed by atoms with Crippen LogP contribution in [0.25, 0.3) is 0 Å². The van der Waals surface area contributed by atoms with E-state index in [0.717, 1.165) is 31.1 Å².